The van der Waals surface area contributed by atoms with Crippen LogP contribution in [0.4, 0.5) is 11.4 Å². The summed E-state index contributed by atoms with van der Waals surface area (Å²) in [5.41, 5.74) is 2.31. The molecule has 1 fully saturated rings. The van der Waals surface area contributed by atoms with Gasteiger partial charge >= 0.3 is 0 Å². The van der Waals surface area contributed by atoms with Crippen LogP contribution >= 0.6 is 0 Å². The summed E-state index contributed by atoms with van der Waals surface area (Å²) in [6, 6.07) is 12.9. The molecule has 26 heavy (non-hydrogen) atoms. The van der Waals surface area contributed by atoms with E-state index in [-0.39, 0.29) is 18.2 Å². The first-order valence-corrected chi connectivity index (χ1v) is 8.42. The van der Waals surface area contributed by atoms with Crippen molar-refractivity contribution in [2.24, 2.45) is 5.92 Å². The van der Waals surface area contributed by atoms with Crippen molar-refractivity contribution < 1.29 is 19.1 Å². The lowest BCUT2D eigenvalue weighted by atomic mass is 10.1. The minimum absolute atomic E-state index is 0.0918. The maximum absolute atomic E-state index is 12.7. The van der Waals surface area contributed by atoms with Gasteiger partial charge in [-0.15, -0.1) is 0 Å². The molecule has 1 heterocycles. The molecule has 0 bridgehead atoms. The third kappa shape index (κ3) is 3.49. The summed E-state index contributed by atoms with van der Waals surface area (Å²) in [5, 5.41) is 2.89. The van der Waals surface area contributed by atoms with Crippen molar-refractivity contribution in [2.75, 3.05) is 31.0 Å². The Labute approximate surface area is 152 Å². The Morgan fingerprint density at radius 2 is 1.85 bits per heavy atom. The van der Waals surface area contributed by atoms with Crippen LogP contribution in [0.2, 0.25) is 0 Å². The first kappa shape index (κ1) is 17.8. The highest BCUT2D eigenvalue weighted by Crippen LogP contribution is 2.33. The summed E-state index contributed by atoms with van der Waals surface area (Å²) in [6.07, 6.45) is 0.165. The molecular weight excluding hydrogens is 332 g/mol. The molecule has 1 atom stereocenters. The fourth-order valence-electron chi connectivity index (χ4n) is 3.12. The number of carbonyl (C=O) groups is 2. The van der Waals surface area contributed by atoms with Gasteiger partial charge in [0, 0.05) is 13.0 Å². The van der Waals surface area contributed by atoms with Crippen LogP contribution in [-0.2, 0) is 9.59 Å². The molecule has 0 aliphatic carbocycles. The summed E-state index contributed by atoms with van der Waals surface area (Å²) in [7, 11) is 3.12. The number of benzene rings is 2. The second-order valence-corrected chi connectivity index (χ2v) is 6.27. The maximum Gasteiger partial charge on any atom is 0.229 e. The van der Waals surface area contributed by atoms with Crippen molar-refractivity contribution in [3.8, 4) is 11.5 Å². The van der Waals surface area contributed by atoms with Crippen LogP contribution in [0.15, 0.2) is 42.5 Å². The van der Waals surface area contributed by atoms with Crippen LogP contribution in [0.5, 0.6) is 11.5 Å². The van der Waals surface area contributed by atoms with Crippen molar-refractivity contribution in [2.45, 2.75) is 13.3 Å². The van der Waals surface area contributed by atoms with Crippen molar-refractivity contribution in [3.63, 3.8) is 0 Å². The Morgan fingerprint density at radius 3 is 2.58 bits per heavy atom. The van der Waals surface area contributed by atoms with Gasteiger partial charge in [-0.3, -0.25) is 9.59 Å². The van der Waals surface area contributed by atoms with Crippen LogP contribution in [-0.4, -0.2) is 32.6 Å². The molecule has 1 aliphatic heterocycles. The lowest BCUT2D eigenvalue weighted by molar-refractivity contribution is -0.122. The molecule has 2 aromatic carbocycles. The van der Waals surface area contributed by atoms with Gasteiger partial charge < -0.3 is 19.7 Å². The van der Waals surface area contributed by atoms with Crippen LogP contribution in [0, 0.1) is 12.8 Å². The summed E-state index contributed by atoms with van der Waals surface area (Å²) < 4.78 is 10.6. The number of hydrogen-bond acceptors (Lipinski definition) is 4. The van der Waals surface area contributed by atoms with Gasteiger partial charge in [0.05, 0.1) is 31.5 Å². The van der Waals surface area contributed by atoms with Gasteiger partial charge in [-0.2, -0.15) is 0 Å². The summed E-state index contributed by atoms with van der Waals surface area (Å²) in [5.74, 6) is 0.486. The number of amides is 2. The monoisotopic (exact) mass is 354 g/mol. The van der Waals surface area contributed by atoms with Gasteiger partial charge in [-0.25, -0.2) is 0 Å². The molecule has 0 aromatic heterocycles. The Bertz CT molecular complexity index is 834. The highest BCUT2D eigenvalue weighted by Gasteiger charge is 2.36. The predicted molar refractivity (Wildman–Crippen MR) is 99.8 cm³/mol. The number of nitrogens with zero attached hydrogens (tertiary/aromatic N) is 1. The molecule has 3 rings (SSSR count). The molecule has 1 unspecified atom stereocenters. The third-order valence-electron chi connectivity index (χ3n) is 4.48. The number of ether oxygens (including phenoxy) is 2. The lowest BCUT2D eigenvalue weighted by Gasteiger charge is -2.19. The number of rotatable bonds is 5. The fourth-order valence-corrected chi connectivity index (χ4v) is 3.12. The van der Waals surface area contributed by atoms with Crippen LogP contribution in [0.1, 0.15) is 12.0 Å². The van der Waals surface area contributed by atoms with E-state index in [1.807, 2.05) is 43.3 Å². The van der Waals surface area contributed by atoms with Gasteiger partial charge in [0.2, 0.25) is 11.8 Å². The molecule has 0 saturated carbocycles. The van der Waals surface area contributed by atoms with E-state index in [0.29, 0.717) is 29.4 Å². The minimum Gasteiger partial charge on any atom is -0.495 e. The number of hydrogen-bond donors (Lipinski definition) is 1. The van der Waals surface area contributed by atoms with E-state index in [0.717, 1.165) is 5.56 Å². The van der Waals surface area contributed by atoms with Crippen molar-refractivity contribution in [3.05, 3.63) is 48.0 Å². The van der Waals surface area contributed by atoms with Crippen LogP contribution < -0.4 is 19.7 Å². The summed E-state index contributed by atoms with van der Waals surface area (Å²) in [4.78, 5) is 26.8. The summed E-state index contributed by atoms with van der Waals surface area (Å²) in [6.45, 7) is 2.26. The Hall–Kier alpha value is -3.02. The number of methoxy groups -OCH3 is 2. The normalized spacial score (nSPS) is 16.5. The van der Waals surface area contributed by atoms with Crippen LogP contribution in [0.25, 0.3) is 0 Å². The second kappa shape index (κ2) is 7.47. The number of anilines is 2. The Kier molecular flexibility index (Phi) is 5.11. The van der Waals surface area contributed by atoms with E-state index >= 15 is 0 Å². The molecule has 1 N–H and O–H groups in total. The Morgan fingerprint density at radius 1 is 1.12 bits per heavy atom. The van der Waals surface area contributed by atoms with Gasteiger partial charge in [0.1, 0.15) is 11.5 Å². The molecular formula is C20H22N2O4. The number of nitrogens with one attached hydrogen (secondary N) is 1. The van der Waals surface area contributed by atoms with E-state index in [1.165, 1.54) is 0 Å². The quantitative estimate of drug-likeness (QED) is 0.896. The van der Waals surface area contributed by atoms with E-state index < -0.39 is 5.92 Å². The average molecular weight is 354 g/mol. The molecule has 2 amide bonds. The zero-order chi connectivity index (χ0) is 18.7. The number of aryl methyl sites for hydroxylation is 1. The Balaban J connectivity index is 1.76. The second-order valence-electron chi connectivity index (χ2n) is 6.27. The SMILES string of the molecule is COc1ccc(C)cc1NC(=O)C1CC(=O)N(c2ccccc2OC)C1. The zero-order valence-corrected chi connectivity index (χ0v) is 15.1. The highest BCUT2D eigenvalue weighted by atomic mass is 16.5. The van der Waals surface area contributed by atoms with E-state index in [2.05, 4.69) is 5.32 Å². The minimum atomic E-state index is -0.433. The topological polar surface area (TPSA) is 67.9 Å². The molecule has 2 aromatic rings. The largest absolute Gasteiger partial charge is 0.495 e. The maximum atomic E-state index is 12.7. The van der Waals surface area contributed by atoms with Gasteiger partial charge in [0.25, 0.3) is 0 Å². The lowest BCUT2D eigenvalue weighted by Crippen LogP contribution is -2.28. The first-order chi connectivity index (χ1) is 12.5. The summed E-state index contributed by atoms with van der Waals surface area (Å²) >= 11 is 0. The van der Waals surface area contributed by atoms with Crippen molar-refractivity contribution in [1.82, 2.24) is 0 Å². The van der Waals surface area contributed by atoms with Crippen molar-refractivity contribution >= 4 is 23.2 Å². The molecule has 1 saturated heterocycles. The molecule has 136 valence electrons. The van der Waals surface area contributed by atoms with Gasteiger partial charge in [0.15, 0.2) is 0 Å². The molecule has 0 radical (unpaired) electrons. The van der Waals surface area contributed by atoms with E-state index in [1.54, 1.807) is 25.2 Å². The number of carbonyl (C=O) groups excluding carboxylic acids is 2. The third-order valence-corrected chi connectivity index (χ3v) is 4.48. The molecule has 6 nitrogen and oxygen atoms in total. The standard InChI is InChI=1S/C20H22N2O4/c1-13-8-9-17(25-2)15(10-13)21-20(24)14-11-19(23)22(12-14)16-6-4-5-7-18(16)26-3/h4-10,14H,11-12H2,1-3H3,(H,21,24). The first-order valence-electron chi connectivity index (χ1n) is 8.42. The predicted octanol–water partition coefficient (Wildman–Crippen LogP) is 3.00. The van der Waals surface area contributed by atoms with Crippen LogP contribution in [0.3, 0.4) is 0 Å². The average Bonchev–Trinajstić information content (AvgIpc) is 3.03. The molecule has 0 spiro atoms. The van der Waals surface area contributed by atoms with Gasteiger partial charge in [-0.1, -0.05) is 18.2 Å². The van der Waals surface area contributed by atoms with Crippen molar-refractivity contribution in [1.29, 1.82) is 0 Å². The molecule has 1 aliphatic rings. The zero-order valence-electron chi connectivity index (χ0n) is 15.1. The molecule has 6 heteroatoms. The number of para-hydroxylation sites is 2. The van der Waals surface area contributed by atoms with E-state index in [9.17, 15) is 9.59 Å². The fraction of sp³-hybridized carbons (Fsp3) is 0.300. The van der Waals surface area contributed by atoms with E-state index in [4.69, 9.17) is 9.47 Å². The smallest absolute Gasteiger partial charge is 0.229 e. The van der Waals surface area contributed by atoms with Gasteiger partial charge in [-0.05, 0) is 36.8 Å². The highest BCUT2D eigenvalue weighted by molar-refractivity contribution is 6.04.